The third-order valence-corrected chi connectivity index (χ3v) is 4.75. The molecule has 0 unspecified atom stereocenters. The largest absolute Gasteiger partial charge is 0.462 e. The molecule has 0 atom stereocenters. The minimum absolute atomic E-state index is 0.241. The molecule has 1 fully saturated rings. The minimum atomic E-state index is -0.470. The van der Waals surface area contributed by atoms with E-state index in [1.807, 2.05) is 0 Å². The number of aryl methyl sites for hydroxylation is 1. The van der Waals surface area contributed by atoms with Crippen LogP contribution in [0.25, 0.3) is 0 Å². The summed E-state index contributed by atoms with van der Waals surface area (Å²) in [5, 5.41) is 2.71. The van der Waals surface area contributed by atoms with Crippen molar-refractivity contribution < 1.29 is 23.5 Å². The number of anilines is 1. The van der Waals surface area contributed by atoms with Crippen molar-refractivity contribution in [3.63, 3.8) is 0 Å². The zero-order chi connectivity index (χ0) is 21.7. The van der Waals surface area contributed by atoms with E-state index >= 15 is 0 Å². The fraction of sp³-hybridized carbons (Fsp3) is 0.333. The summed E-state index contributed by atoms with van der Waals surface area (Å²) in [7, 11) is 0. The van der Waals surface area contributed by atoms with E-state index < -0.39 is 5.97 Å². The van der Waals surface area contributed by atoms with Crippen LogP contribution in [0.2, 0.25) is 0 Å². The topological polar surface area (TPSA) is 91.8 Å². The number of ether oxygens (including phenoxy) is 1. The summed E-state index contributed by atoms with van der Waals surface area (Å²) in [6, 6.07) is 8.27. The Morgan fingerprint density at radius 2 is 1.67 bits per heavy atom. The lowest BCUT2D eigenvalue weighted by atomic mass is 10.1. The van der Waals surface area contributed by atoms with E-state index in [0.29, 0.717) is 43.1 Å². The second kappa shape index (κ2) is 9.34. The van der Waals surface area contributed by atoms with Crippen LogP contribution in [0, 0.1) is 12.7 Å². The molecule has 0 bridgehead atoms. The highest BCUT2D eigenvalue weighted by molar-refractivity contribution is 5.95. The first-order valence-electron chi connectivity index (χ1n) is 9.64. The average molecular weight is 414 g/mol. The normalized spacial score (nSPS) is 13.7. The smallest absolute Gasteiger partial charge is 0.339 e. The molecule has 1 N–H and O–H groups in total. The number of amides is 3. The predicted molar refractivity (Wildman–Crippen MR) is 108 cm³/mol. The van der Waals surface area contributed by atoms with Crippen LogP contribution in [0.15, 0.2) is 36.4 Å². The molecule has 1 aromatic carbocycles. The molecule has 3 amide bonds. The third kappa shape index (κ3) is 4.91. The molecule has 1 aliphatic heterocycles. The predicted octanol–water partition coefficient (Wildman–Crippen LogP) is 2.70. The van der Waals surface area contributed by atoms with Crippen molar-refractivity contribution in [1.29, 1.82) is 0 Å². The van der Waals surface area contributed by atoms with Gasteiger partial charge in [-0.3, -0.25) is 4.79 Å². The molecule has 3 rings (SSSR count). The maximum absolute atomic E-state index is 13.0. The van der Waals surface area contributed by atoms with Gasteiger partial charge >= 0.3 is 12.0 Å². The van der Waals surface area contributed by atoms with Gasteiger partial charge in [-0.15, -0.1) is 0 Å². The maximum atomic E-state index is 13.0. The van der Waals surface area contributed by atoms with E-state index in [4.69, 9.17) is 4.74 Å². The van der Waals surface area contributed by atoms with Gasteiger partial charge in [-0.25, -0.2) is 19.0 Å². The molecule has 30 heavy (non-hydrogen) atoms. The Labute approximate surface area is 173 Å². The summed E-state index contributed by atoms with van der Waals surface area (Å²) in [5.41, 5.74) is 1.50. The Hall–Kier alpha value is -3.49. The summed E-state index contributed by atoms with van der Waals surface area (Å²) >= 11 is 0. The van der Waals surface area contributed by atoms with E-state index in [2.05, 4.69) is 10.3 Å². The van der Waals surface area contributed by atoms with Crippen molar-refractivity contribution in [1.82, 2.24) is 14.8 Å². The van der Waals surface area contributed by atoms with Crippen LogP contribution in [-0.2, 0) is 4.74 Å². The number of hydrogen-bond acceptors (Lipinski definition) is 5. The molecule has 0 saturated carbocycles. The number of pyridine rings is 1. The minimum Gasteiger partial charge on any atom is -0.462 e. The molecule has 0 radical (unpaired) electrons. The van der Waals surface area contributed by atoms with Gasteiger partial charge in [-0.1, -0.05) is 0 Å². The van der Waals surface area contributed by atoms with Gasteiger partial charge in [0.2, 0.25) is 0 Å². The molecule has 2 heterocycles. The third-order valence-electron chi connectivity index (χ3n) is 4.75. The van der Waals surface area contributed by atoms with Crippen LogP contribution in [0.5, 0.6) is 0 Å². The number of nitrogens with one attached hydrogen (secondary N) is 1. The highest BCUT2D eigenvalue weighted by atomic mass is 19.1. The van der Waals surface area contributed by atoms with Gasteiger partial charge < -0.3 is 19.9 Å². The Kier molecular flexibility index (Phi) is 6.61. The Morgan fingerprint density at radius 3 is 2.27 bits per heavy atom. The summed E-state index contributed by atoms with van der Waals surface area (Å²) in [6.07, 6.45) is 0. The number of carbonyl (C=O) groups is 3. The van der Waals surface area contributed by atoms with Gasteiger partial charge in [0.15, 0.2) is 0 Å². The number of aromatic nitrogens is 1. The number of nitrogens with zero attached hydrogens (tertiary/aromatic N) is 3. The van der Waals surface area contributed by atoms with Crippen molar-refractivity contribution >= 4 is 23.6 Å². The van der Waals surface area contributed by atoms with E-state index in [1.54, 1.807) is 29.7 Å². The fourth-order valence-electron chi connectivity index (χ4n) is 3.12. The summed E-state index contributed by atoms with van der Waals surface area (Å²) in [6.45, 7) is 5.07. The quantitative estimate of drug-likeness (QED) is 0.777. The van der Waals surface area contributed by atoms with Crippen LogP contribution in [0.4, 0.5) is 14.9 Å². The molecule has 0 spiro atoms. The molecule has 1 aromatic heterocycles. The molecule has 158 valence electrons. The lowest BCUT2D eigenvalue weighted by Crippen LogP contribution is -2.51. The number of urea groups is 1. The standard InChI is InChI=1S/C21H23FN4O4/c1-3-30-20(28)17-8-9-18(23-14(17)2)19(27)25-10-12-26(13-11-25)21(29)24-16-6-4-15(22)5-7-16/h4-9H,3,10-13H2,1-2H3,(H,24,29). The van der Waals surface area contributed by atoms with Gasteiger partial charge in [0.25, 0.3) is 5.91 Å². The van der Waals surface area contributed by atoms with Crippen LogP contribution in [-0.4, -0.2) is 65.5 Å². The van der Waals surface area contributed by atoms with Crippen LogP contribution in [0.3, 0.4) is 0 Å². The van der Waals surface area contributed by atoms with Crippen LogP contribution in [0.1, 0.15) is 33.5 Å². The maximum Gasteiger partial charge on any atom is 0.339 e. The zero-order valence-corrected chi connectivity index (χ0v) is 16.9. The van der Waals surface area contributed by atoms with Gasteiger partial charge in [0.1, 0.15) is 11.5 Å². The highest BCUT2D eigenvalue weighted by Gasteiger charge is 2.26. The number of hydrogen-bond donors (Lipinski definition) is 1. The number of benzene rings is 1. The first-order chi connectivity index (χ1) is 14.4. The molecule has 1 saturated heterocycles. The van der Waals surface area contributed by atoms with Crippen LogP contribution >= 0.6 is 0 Å². The Bertz CT molecular complexity index is 941. The first-order valence-corrected chi connectivity index (χ1v) is 9.64. The monoisotopic (exact) mass is 414 g/mol. The zero-order valence-electron chi connectivity index (χ0n) is 16.9. The number of halogens is 1. The molecular formula is C21H23FN4O4. The fourth-order valence-corrected chi connectivity index (χ4v) is 3.12. The SMILES string of the molecule is CCOC(=O)c1ccc(C(=O)N2CCN(C(=O)Nc3ccc(F)cc3)CC2)nc1C. The Balaban J connectivity index is 1.57. The van der Waals surface area contributed by atoms with Crippen molar-refractivity contribution in [3.8, 4) is 0 Å². The van der Waals surface area contributed by atoms with Crippen molar-refractivity contribution in [3.05, 3.63) is 59.2 Å². The molecule has 0 aliphatic carbocycles. The van der Waals surface area contributed by atoms with Crippen molar-refractivity contribution in [2.45, 2.75) is 13.8 Å². The first kappa shape index (κ1) is 21.2. The second-order valence-electron chi connectivity index (χ2n) is 6.77. The number of esters is 1. The molecule has 1 aliphatic rings. The van der Waals surface area contributed by atoms with Crippen LogP contribution < -0.4 is 5.32 Å². The average Bonchev–Trinajstić information content (AvgIpc) is 2.75. The highest BCUT2D eigenvalue weighted by Crippen LogP contribution is 2.14. The number of piperazine rings is 1. The summed E-state index contributed by atoms with van der Waals surface area (Å²) in [5.74, 6) is -1.10. The Morgan fingerprint density at radius 1 is 1.03 bits per heavy atom. The van der Waals surface area contributed by atoms with Gasteiger partial charge in [-0.2, -0.15) is 0 Å². The lowest BCUT2D eigenvalue weighted by molar-refractivity contribution is 0.0523. The second-order valence-corrected chi connectivity index (χ2v) is 6.77. The molecule has 8 nitrogen and oxygen atoms in total. The summed E-state index contributed by atoms with van der Waals surface area (Å²) < 4.78 is 17.9. The summed E-state index contributed by atoms with van der Waals surface area (Å²) in [4.78, 5) is 44.5. The van der Waals surface area contributed by atoms with Gasteiger partial charge in [0, 0.05) is 31.9 Å². The number of carbonyl (C=O) groups excluding carboxylic acids is 3. The van der Waals surface area contributed by atoms with E-state index in [0.717, 1.165) is 0 Å². The van der Waals surface area contributed by atoms with E-state index in [9.17, 15) is 18.8 Å². The van der Waals surface area contributed by atoms with Gasteiger partial charge in [0.05, 0.1) is 17.9 Å². The van der Waals surface area contributed by atoms with E-state index in [1.165, 1.54) is 30.3 Å². The van der Waals surface area contributed by atoms with Crippen molar-refractivity contribution in [2.24, 2.45) is 0 Å². The lowest BCUT2D eigenvalue weighted by Gasteiger charge is -2.34. The molecule has 2 aromatic rings. The van der Waals surface area contributed by atoms with Crippen molar-refractivity contribution in [2.75, 3.05) is 38.1 Å². The van der Waals surface area contributed by atoms with Gasteiger partial charge in [-0.05, 0) is 50.2 Å². The van der Waals surface area contributed by atoms with E-state index in [-0.39, 0.29) is 30.1 Å². The molecule has 9 heteroatoms. The molecular weight excluding hydrogens is 391 g/mol. The number of rotatable bonds is 4.